The van der Waals surface area contributed by atoms with Crippen LogP contribution >= 0.6 is 0 Å². The first-order valence-corrected chi connectivity index (χ1v) is 7.26. The number of hydrogen-bond donors (Lipinski definition) is 2. The molecule has 18 heavy (non-hydrogen) atoms. The third-order valence-electron chi connectivity index (χ3n) is 4.80. The van der Waals surface area contributed by atoms with Gasteiger partial charge in [-0.1, -0.05) is 26.2 Å². The van der Waals surface area contributed by atoms with E-state index in [1.807, 2.05) is 11.8 Å². The number of carbonyl (C=O) groups is 1. The van der Waals surface area contributed by atoms with Crippen LogP contribution in [0.2, 0.25) is 0 Å². The van der Waals surface area contributed by atoms with Crippen molar-refractivity contribution in [2.75, 3.05) is 19.6 Å². The van der Waals surface area contributed by atoms with Crippen molar-refractivity contribution in [1.29, 1.82) is 0 Å². The zero-order valence-corrected chi connectivity index (χ0v) is 11.4. The van der Waals surface area contributed by atoms with Crippen LogP contribution < -0.4 is 5.73 Å². The van der Waals surface area contributed by atoms with E-state index in [9.17, 15) is 9.90 Å². The monoisotopic (exact) mass is 254 g/mol. The molecule has 4 nitrogen and oxygen atoms in total. The van der Waals surface area contributed by atoms with Gasteiger partial charge in [0.1, 0.15) is 0 Å². The Bertz CT molecular complexity index is 300. The van der Waals surface area contributed by atoms with Gasteiger partial charge >= 0.3 is 0 Å². The summed E-state index contributed by atoms with van der Waals surface area (Å²) in [6, 6.07) is 0. The Kier molecular flexibility index (Phi) is 4.28. The van der Waals surface area contributed by atoms with E-state index < -0.39 is 0 Å². The van der Waals surface area contributed by atoms with E-state index in [1.165, 1.54) is 6.42 Å². The van der Waals surface area contributed by atoms with Crippen LogP contribution in [0, 0.1) is 11.3 Å². The summed E-state index contributed by atoms with van der Waals surface area (Å²) in [6.45, 7) is 3.85. The normalized spacial score (nSPS) is 32.3. The summed E-state index contributed by atoms with van der Waals surface area (Å²) in [4.78, 5) is 14.7. The molecule has 0 bridgehead atoms. The fourth-order valence-corrected chi connectivity index (χ4v) is 3.39. The first-order chi connectivity index (χ1) is 8.59. The van der Waals surface area contributed by atoms with Crippen molar-refractivity contribution in [2.24, 2.45) is 17.1 Å². The number of nitrogens with zero attached hydrogens (tertiary/aromatic N) is 1. The van der Waals surface area contributed by atoms with Crippen LogP contribution in [-0.4, -0.2) is 41.7 Å². The minimum absolute atomic E-state index is 0.182. The molecule has 0 radical (unpaired) electrons. The molecule has 2 aliphatic rings. The average molecular weight is 254 g/mol. The summed E-state index contributed by atoms with van der Waals surface area (Å²) in [5.41, 5.74) is 5.61. The number of carbonyl (C=O) groups excluding carboxylic acids is 1. The van der Waals surface area contributed by atoms with E-state index >= 15 is 0 Å². The summed E-state index contributed by atoms with van der Waals surface area (Å²) in [7, 11) is 0. The summed E-state index contributed by atoms with van der Waals surface area (Å²) >= 11 is 0. The van der Waals surface area contributed by atoms with Crippen molar-refractivity contribution < 1.29 is 9.90 Å². The van der Waals surface area contributed by atoms with E-state index in [0.717, 1.165) is 25.7 Å². The Morgan fingerprint density at radius 2 is 2.06 bits per heavy atom. The van der Waals surface area contributed by atoms with Gasteiger partial charge in [-0.15, -0.1) is 0 Å². The molecule has 1 amide bonds. The molecule has 1 saturated carbocycles. The molecule has 2 atom stereocenters. The standard InChI is InChI=1S/C14H26N2O2/c1-11-9-16(8-5-12(11)17)13(18)14(10-15)6-3-2-4-7-14/h11-12,17H,2-10,15H2,1H3. The van der Waals surface area contributed by atoms with E-state index in [-0.39, 0.29) is 23.3 Å². The summed E-state index contributed by atoms with van der Waals surface area (Å²) < 4.78 is 0. The second kappa shape index (κ2) is 5.57. The van der Waals surface area contributed by atoms with E-state index in [1.54, 1.807) is 0 Å². The molecule has 2 rings (SSSR count). The average Bonchev–Trinajstić information content (AvgIpc) is 2.42. The Balaban J connectivity index is 2.05. The van der Waals surface area contributed by atoms with E-state index in [4.69, 9.17) is 5.73 Å². The van der Waals surface area contributed by atoms with Gasteiger partial charge in [0.15, 0.2) is 0 Å². The maximum absolute atomic E-state index is 12.7. The van der Waals surface area contributed by atoms with Crippen molar-refractivity contribution in [2.45, 2.75) is 51.6 Å². The van der Waals surface area contributed by atoms with Crippen molar-refractivity contribution >= 4 is 5.91 Å². The maximum atomic E-state index is 12.7. The quantitative estimate of drug-likeness (QED) is 0.776. The fraction of sp³-hybridized carbons (Fsp3) is 0.929. The van der Waals surface area contributed by atoms with E-state index in [2.05, 4.69) is 0 Å². The van der Waals surface area contributed by atoms with Gasteiger partial charge in [0, 0.05) is 19.6 Å². The molecule has 2 unspecified atom stereocenters. The zero-order chi connectivity index (χ0) is 13.2. The minimum atomic E-state index is -0.305. The molecule has 104 valence electrons. The van der Waals surface area contributed by atoms with Crippen molar-refractivity contribution in [3.63, 3.8) is 0 Å². The highest BCUT2D eigenvalue weighted by atomic mass is 16.3. The summed E-state index contributed by atoms with van der Waals surface area (Å²) in [5, 5.41) is 9.75. The van der Waals surface area contributed by atoms with Crippen LogP contribution in [0.25, 0.3) is 0 Å². The van der Waals surface area contributed by atoms with Crippen LogP contribution in [0.1, 0.15) is 45.4 Å². The first kappa shape index (κ1) is 13.8. The smallest absolute Gasteiger partial charge is 0.230 e. The predicted octanol–water partition coefficient (Wildman–Crippen LogP) is 1.12. The van der Waals surface area contributed by atoms with Crippen molar-refractivity contribution in [3.05, 3.63) is 0 Å². The minimum Gasteiger partial charge on any atom is -0.393 e. The van der Waals surface area contributed by atoms with Crippen LogP contribution in [0.3, 0.4) is 0 Å². The first-order valence-electron chi connectivity index (χ1n) is 7.26. The maximum Gasteiger partial charge on any atom is 0.230 e. The van der Waals surface area contributed by atoms with Crippen LogP contribution in [0.15, 0.2) is 0 Å². The molecular formula is C14H26N2O2. The Morgan fingerprint density at radius 3 is 2.61 bits per heavy atom. The molecule has 4 heteroatoms. The van der Waals surface area contributed by atoms with Gasteiger partial charge in [-0.05, 0) is 25.2 Å². The Morgan fingerprint density at radius 1 is 1.39 bits per heavy atom. The molecule has 0 aromatic carbocycles. The van der Waals surface area contributed by atoms with E-state index in [0.29, 0.717) is 26.1 Å². The lowest BCUT2D eigenvalue weighted by Gasteiger charge is -2.42. The van der Waals surface area contributed by atoms with Gasteiger partial charge in [0.2, 0.25) is 5.91 Å². The number of piperidine rings is 1. The molecule has 0 aromatic heterocycles. The van der Waals surface area contributed by atoms with Gasteiger partial charge in [0.05, 0.1) is 11.5 Å². The number of amides is 1. The van der Waals surface area contributed by atoms with Crippen LogP contribution in [0.4, 0.5) is 0 Å². The van der Waals surface area contributed by atoms with Gasteiger partial charge < -0.3 is 15.7 Å². The molecule has 2 fully saturated rings. The summed E-state index contributed by atoms with van der Waals surface area (Å²) in [5.74, 6) is 0.421. The topological polar surface area (TPSA) is 66.6 Å². The SMILES string of the molecule is CC1CN(C(=O)C2(CN)CCCCC2)CCC1O. The molecule has 1 saturated heterocycles. The number of rotatable bonds is 2. The fourth-order valence-electron chi connectivity index (χ4n) is 3.39. The predicted molar refractivity (Wildman–Crippen MR) is 70.9 cm³/mol. The highest BCUT2D eigenvalue weighted by Gasteiger charge is 2.42. The van der Waals surface area contributed by atoms with Gasteiger partial charge in [-0.25, -0.2) is 0 Å². The summed E-state index contributed by atoms with van der Waals surface area (Å²) in [6.07, 6.45) is 5.79. The molecule has 1 heterocycles. The highest BCUT2D eigenvalue weighted by molar-refractivity contribution is 5.83. The molecule has 1 aliphatic heterocycles. The number of likely N-dealkylation sites (tertiary alicyclic amines) is 1. The number of nitrogens with two attached hydrogens (primary N) is 1. The number of hydrogen-bond acceptors (Lipinski definition) is 3. The number of aliphatic hydroxyl groups excluding tert-OH is 1. The van der Waals surface area contributed by atoms with Gasteiger partial charge in [0.25, 0.3) is 0 Å². The largest absolute Gasteiger partial charge is 0.393 e. The Labute approximate surface area is 110 Å². The zero-order valence-electron chi connectivity index (χ0n) is 11.4. The second-order valence-electron chi connectivity index (χ2n) is 6.13. The lowest BCUT2D eigenvalue weighted by Crippen LogP contribution is -2.53. The Hall–Kier alpha value is -0.610. The highest BCUT2D eigenvalue weighted by Crippen LogP contribution is 2.38. The molecular weight excluding hydrogens is 228 g/mol. The number of aliphatic hydroxyl groups is 1. The third-order valence-corrected chi connectivity index (χ3v) is 4.80. The van der Waals surface area contributed by atoms with Crippen molar-refractivity contribution in [1.82, 2.24) is 4.90 Å². The van der Waals surface area contributed by atoms with Crippen LogP contribution in [-0.2, 0) is 4.79 Å². The molecule has 0 aromatic rings. The van der Waals surface area contributed by atoms with Crippen molar-refractivity contribution in [3.8, 4) is 0 Å². The van der Waals surface area contributed by atoms with Gasteiger partial charge in [-0.3, -0.25) is 4.79 Å². The molecule has 1 aliphatic carbocycles. The lowest BCUT2D eigenvalue weighted by molar-refractivity contribution is -0.147. The molecule has 3 N–H and O–H groups in total. The second-order valence-corrected chi connectivity index (χ2v) is 6.13. The lowest BCUT2D eigenvalue weighted by atomic mass is 9.72. The van der Waals surface area contributed by atoms with Gasteiger partial charge in [-0.2, -0.15) is 0 Å². The van der Waals surface area contributed by atoms with Crippen LogP contribution in [0.5, 0.6) is 0 Å². The third kappa shape index (κ3) is 2.54. The molecule has 0 spiro atoms.